The predicted octanol–water partition coefficient (Wildman–Crippen LogP) is 2.64. The number of rotatable bonds is 4. The first-order chi connectivity index (χ1) is 11.7. The Morgan fingerprint density at radius 2 is 2.21 bits per heavy atom. The van der Waals surface area contributed by atoms with Crippen molar-refractivity contribution in [3.05, 3.63) is 50.5 Å². The van der Waals surface area contributed by atoms with E-state index < -0.39 is 4.92 Å². The van der Waals surface area contributed by atoms with Crippen LogP contribution in [0.25, 0.3) is 0 Å². The van der Waals surface area contributed by atoms with E-state index in [2.05, 4.69) is 20.2 Å². The third-order valence-corrected chi connectivity index (χ3v) is 4.76. The maximum Gasteiger partial charge on any atom is 0.287 e. The number of hydrogen-bond acceptors (Lipinski definition) is 7. The van der Waals surface area contributed by atoms with Crippen molar-refractivity contribution < 1.29 is 4.92 Å². The summed E-state index contributed by atoms with van der Waals surface area (Å²) in [6, 6.07) is 6.70. The molecule has 1 saturated heterocycles. The molecule has 7 nitrogen and oxygen atoms in total. The van der Waals surface area contributed by atoms with Gasteiger partial charge in [0.25, 0.3) is 5.69 Å². The maximum atomic E-state index is 10.9. The van der Waals surface area contributed by atoms with Gasteiger partial charge in [-0.15, -0.1) is 11.3 Å². The number of benzene rings is 1. The highest BCUT2D eigenvalue weighted by Crippen LogP contribution is 2.25. The number of nitro groups is 1. The van der Waals surface area contributed by atoms with Crippen molar-refractivity contribution in [2.75, 3.05) is 31.1 Å². The molecule has 0 bridgehead atoms. The minimum Gasteiger partial charge on any atom is -0.370 e. The van der Waals surface area contributed by atoms with Crippen LogP contribution in [0.15, 0.2) is 29.1 Å². The van der Waals surface area contributed by atoms with Gasteiger partial charge in [0.05, 0.1) is 16.1 Å². The van der Waals surface area contributed by atoms with E-state index >= 15 is 0 Å². The summed E-state index contributed by atoms with van der Waals surface area (Å²) < 4.78 is 0. The van der Waals surface area contributed by atoms with Gasteiger partial charge in [0, 0.05) is 49.9 Å². The lowest BCUT2D eigenvalue weighted by Gasteiger charge is -2.23. The third-order valence-electron chi connectivity index (χ3n) is 4.12. The van der Waals surface area contributed by atoms with Crippen LogP contribution < -0.4 is 4.90 Å². The second-order valence-corrected chi connectivity index (χ2v) is 6.39. The van der Waals surface area contributed by atoms with Crippen LogP contribution >= 0.6 is 11.3 Å². The number of aromatic nitrogens is 1. The number of thiazole rings is 1. The second kappa shape index (κ2) is 7.38. The topological polar surface area (TPSA) is 86.3 Å². The zero-order valence-electron chi connectivity index (χ0n) is 13.1. The van der Waals surface area contributed by atoms with Crippen LogP contribution in [0.1, 0.15) is 17.7 Å². The van der Waals surface area contributed by atoms with Gasteiger partial charge in [-0.2, -0.15) is 5.26 Å². The Morgan fingerprint density at radius 1 is 1.33 bits per heavy atom. The molecule has 0 amide bonds. The first-order valence-electron chi connectivity index (χ1n) is 7.70. The maximum absolute atomic E-state index is 10.9. The largest absolute Gasteiger partial charge is 0.370 e. The molecule has 1 aliphatic rings. The summed E-state index contributed by atoms with van der Waals surface area (Å²) in [5.74, 6) is 0. The Labute approximate surface area is 143 Å². The van der Waals surface area contributed by atoms with E-state index in [0.29, 0.717) is 0 Å². The monoisotopic (exact) mass is 343 g/mol. The lowest BCUT2D eigenvalue weighted by molar-refractivity contribution is -0.385. The molecule has 1 aromatic heterocycles. The van der Waals surface area contributed by atoms with Gasteiger partial charge in [-0.25, -0.2) is 4.98 Å². The third kappa shape index (κ3) is 3.69. The molecule has 0 saturated carbocycles. The smallest absolute Gasteiger partial charge is 0.287 e. The summed E-state index contributed by atoms with van der Waals surface area (Å²) in [6.45, 7) is 4.44. The van der Waals surface area contributed by atoms with E-state index in [-0.39, 0.29) is 11.3 Å². The molecule has 0 unspecified atom stereocenters. The predicted molar refractivity (Wildman–Crippen MR) is 92.0 cm³/mol. The molecule has 2 aromatic rings. The molecule has 0 N–H and O–H groups in total. The molecule has 124 valence electrons. The quantitative estimate of drug-likeness (QED) is 0.626. The van der Waals surface area contributed by atoms with Gasteiger partial charge in [-0.05, 0) is 18.6 Å². The highest BCUT2D eigenvalue weighted by Gasteiger charge is 2.19. The Kier molecular flexibility index (Phi) is 5.03. The number of nitro benzene ring substituents is 1. The minimum atomic E-state index is -0.514. The first kappa shape index (κ1) is 16.4. The van der Waals surface area contributed by atoms with Gasteiger partial charge >= 0.3 is 0 Å². The first-order valence-corrected chi connectivity index (χ1v) is 8.64. The van der Waals surface area contributed by atoms with E-state index in [1.807, 2.05) is 11.6 Å². The molecule has 24 heavy (non-hydrogen) atoms. The second-order valence-electron chi connectivity index (χ2n) is 5.67. The van der Waals surface area contributed by atoms with Gasteiger partial charge in [-0.3, -0.25) is 15.0 Å². The molecule has 0 aliphatic carbocycles. The minimum absolute atomic E-state index is 0.112. The Morgan fingerprint density at radius 3 is 2.92 bits per heavy atom. The molecule has 0 radical (unpaired) electrons. The summed E-state index contributed by atoms with van der Waals surface area (Å²) in [7, 11) is 0. The van der Waals surface area contributed by atoms with Gasteiger partial charge in [0.2, 0.25) is 0 Å². The van der Waals surface area contributed by atoms with E-state index in [0.717, 1.165) is 50.5 Å². The van der Waals surface area contributed by atoms with Crippen molar-refractivity contribution in [3.8, 4) is 6.07 Å². The summed E-state index contributed by atoms with van der Waals surface area (Å²) in [4.78, 5) is 19.3. The summed E-state index contributed by atoms with van der Waals surface area (Å²) in [5, 5.41) is 22.2. The molecule has 1 aliphatic heterocycles. The van der Waals surface area contributed by atoms with Crippen molar-refractivity contribution in [1.82, 2.24) is 9.88 Å². The van der Waals surface area contributed by atoms with E-state index in [1.54, 1.807) is 23.5 Å². The van der Waals surface area contributed by atoms with E-state index in [9.17, 15) is 10.1 Å². The van der Waals surface area contributed by atoms with Crippen LogP contribution in [-0.4, -0.2) is 41.0 Å². The highest BCUT2D eigenvalue weighted by molar-refractivity contribution is 7.07. The number of nitrogens with zero attached hydrogens (tertiary/aromatic N) is 5. The van der Waals surface area contributed by atoms with Crippen molar-refractivity contribution >= 4 is 22.7 Å². The van der Waals surface area contributed by atoms with Gasteiger partial charge in [-0.1, -0.05) is 0 Å². The van der Waals surface area contributed by atoms with Crippen molar-refractivity contribution in [3.63, 3.8) is 0 Å². The summed E-state index contributed by atoms with van der Waals surface area (Å²) in [6.07, 6.45) is 1.00. The molecule has 1 fully saturated rings. The molecule has 2 heterocycles. The molecule has 3 rings (SSSR count). The zero-order chi connectivity index (χ0) is 16.9. The van der Waals surface area contributed by atoms with Crippen molar-refractivity contribution in [1.29, 1.82) is 5.26 Å². The van der Waals surface area contributed by atoms with Crippen LogP contribution in [0.4, 0.5) is 11.4 Å². The summed E-state index contributed by atoms with van der Waals surface area (Å²) in [5.41, 5.74) is 3.78. The molecule has 1 aromatic carbocycles. The van der Waals surface area contributed by atoms with Gasteiger partial charge in [0.1, 0.15) is 11.6 Å². The fourth-order valence-corrected chi connectivity index (χ4v) is 3.45. The molecular formula is C16H17N5O2S. The van der Waals surface area contributed by atoms with E-state index in [4.69, 9.17) is 5.26 Å². The van der Waals surface area contributed by atoms with E-state index in [1.165, 1.54) is 6.07 Å². The average molecular weight is 343 g/mol. The van der Waals surface area contributed by atoms with Crippen molar-refractivity contribution in [2.24, 2.45) is 0 Å². The van der Waals surface area contributed by atoms with Crippen LogP contribution in [0, 0.1) is 21.4 Å². The van der Waals surface area contributed by atoms with Crippen LogP contribution in [0.3, 0.4) is 0 Å². The Bertz CT molecular complexity index is 756. The number of nitriles is 1. The number of anilines is 1. The Balaban J connectivity index is 1.70. The van der Waals surface area contributed by atoms with Gasteiger partial charge < -0.3 is 4.90 Å². The SMILES string of the molecule is N#Cc1cc(N2CCCN(Cc3cscn3)CC2)ccc1[N+](=O)[O-]. The van der Waals surface area contributed by atoms with Crippen molar-refractivity contribution in [2.45, 2.75) is 13.0 Å². The standard InChI is InChI=1S/C16H17N5O2S/c17-9-13-8-15(2-3-16(13)21(22)23)20-5-1-4-19(6-7-20)10-14-11-24-12-18-14/h2-3,8,11-12H,1,4-7,10H2. The fourth-order valence-electron chi connectivity index (χ4n) is 2.90. The Hall–Kier alpha value is -2.50. The van der Waals surface area contributed by atoms with Crippen LogP contribution in [0.2, 0.25) is 0 Å². The molecule has 0 atom stereocenters. The zero-order valence-corrected chi connectivity index (χ0v) is 13.9. The average Bonchev–Trinajstić information content (AvgIpc) is 2.98. The molecular weight excluding hydrogens is 326 g/mol. The normalized spacial score (nSPS) is 15.7. The number of hydrogen-bond donors (Lipinski definition) is 0. The lowest BCUT2D eigenvalue weighted by Crippen LogP contribution is -2.30. The van der Waals surface area contributed by atoms with Crippen LogP contribution in [-0.2, 0) is 6.54 Å². The molecule has 8 heteroatoms. The molecule has 0 spiro atoms. The van der Waals surface area contributed by atoms with Gasteiger partial charge in [0.15, 0.2) is 0 Å². The highest BCUT2D eigenvalue weighted by atomic mass is 32.1. The summed E-state index contributed by atoms with van der Waals surface area (Å²) >= 11 is 1.60. The van der Waals surface area contributed by atoms with Crippen LogP contribution in [0.5, 0.6) is 0 Å². The lowest BCUT2D eigenvalue weighted by atomic mass is 10.1. The fraction of sp³-hybridized carbons (Fsp3) is 0.375.